The lowest BCUT2D eigenvalue weighted by Gasteiger charge is -2.29. The third kappa shape index (κ3) is 5.53. The van der Waals surface area contributed by atoms with Crippen LogP contribution in [0.15, 0.2) is 89.8 Å². The Hall–Kier alpha value is -4.13. The second kappa shape index (κ2) is 11.3. The summed E-state index contributed by atoms with van der Waals surface area (Å²) in [6.45, 7) is 4.85. The van der Waals surface area contributed by atoms with E-state index in [1.54, 1.807) is 31.0 Å². The van der Waals surface area contributed by atoms with E-state index in [9.17, 15) is 14.0 Å². The number of amides is 1. The number of hydrogen-bond acceptors (Lipinski definition) is 5. The maximum absolute atomic E-state index is 13.7. The van der Waals surface area contributed by atoms with E-state index >= 15 is 0 Å². The summed E-state index contributed by atoms with van der Waals surface area (Å²) in [7, 11) is 1.80. The molecule has 6 nitrogen and oxygen atoms in total. The van der Waals surface area contributed by atoms with Crippen molar-refractivity contribution in [3.05, 3.63) is 107 Å². The number of nitrogens with zero attached hydrogens (tertiary/aromatic N) is 2. The topological polar surface area (TPSA) is 59.1 Å². The maximum atomic E-state index is 13.7. The smallest absolute Gasteiger partial charge is 0.355 e. The van der Waals surface area contributed by atoms with Gasteiger partial charge in [0, 0.05) is 30.8 Å². The number of allylic oxidation sites excluding steroid dienone is 3. The SMILES string of the molecule is CCOC(=O)C1=C(c2ccc(OCC)cc2)C2=CC=CC(N(C)C(=O)C3CC3)=CC2N1Cc1ccc(F)cc1. The lowest BCUT2D eigenvalue weighted by atomic mass is 9.94. The van der Waals surface area contributed by atoms with Crippen LogP contribution < -0.4 is 4.74 Å². The van der Waals surface area contributed by atoms with Gasteiger partial charge in [0.1, 0.15) is 17.3 Å². The van der Waals surface area contributed by atoms with Crippen molar-refractivity contribution in [3.63, 3.8) is 0 Å². The summed E-state index contributed by atoms with van der Waals surface area (Å²) < 4.78 is 24.9. The molecule has 5 rings (SSSR count). The van der Waals surface area contributed by atoms with Crippen LogP contribution in [0, 0.1) is 11.7 Å². The third-order valence-electron chi connectivity index (χ3n) is 7.17. The molecule has 1 saturated carbocycles. The standard InChI is InChI=1S/C32H33FN2O4/c1-4-38-26-17-13-22(14-18-26)29-27-8-6-7-25(34(3)31(36)23-11-12-23)19-28(27)35(30(29)32(37)39-5-2)20-21-9-15-24(33)16-10-21/h6-10,13-19,23,28H,4-5,11-12,20H2,1-3H3. The molecule has 2 aromatic rings. The van der Waals surface area contributed by atoms with Gasteiger partial charge in [-0.2, -0.15) is 0 Å². The van der Waals surface area contributed by atoms with Crippen molar-refractivity contribution in [1.82, 2.24) is 9.80 Å². The first-order chi connectivity index (χ1) is 18.9. The van der Waals surface area contributed by atoms with E-state index in [0.717, 1.165) is 46.6 Å². The maximum Gasteiger partial charge on any atom is 0.355 e. The van der Waals surface area contributed by atoms with Crippen LogP contribution in [0.2, 0.25) is 0 Å². The Morgan fingerprint density at radius 1 is 1.03 bits per heavy atom. The Morgan fingerprint density at radius 3 is 2.38 bits per heavy atom. The van der Waals surface area contributed by atoms with Crippen LogP contribution in [0.3, 0.4) is 0 Å². The zero-order chi connectivity index (χ0) is 27.5. The van der Waals surface area contributed by atoms with Crippen LogP contribution in [0.1, 0.15) is 37.8 Å². The number of carbonyl (C=O) groups is 2. The summed E-state index contributed by atoms with van der Waals surface area (Å²) in [5, 5.41) is 0. The molecule has 1 amide bonds. The molecule has 0 radical (unpaired) electrons. The summed E-state index contributed by atoms with van der Waals surface area (Å²) in [6.07, 6.45) is 9.72. The van der Waals surface area contributed by atoms with Crippen molar-refractivity contribution in [2.45, 2.75) is 39.3 Å². The number of fused-ring (bicyclic) bond motifs is 1. The lowest BCUT2D eigenvalue weighted by Crippen LogP contribution is -2.34. The highest BCUT2D eigenvalue weighted by Gasteiger charge is 2.41. The molecular weight excluding hydrogens is 495 g/mol. The van der Waals surface area contributed by atoms with E-state index in [1.165, 1.54) is 12.1 Å². The highest BCUT2D eigenvalue weighted by molar-refractivity contribution is 6.04. The minimum atomic E-state index is -0.432. The van der Waals surface area contributed by atoms with Crippen molar-refractivity contribution in [3.8, 4) is 5.75 Å². The van der Waals surface area contributed by atoms with Crippen LogP contribution >= 0.6 is 0 Å². The Bertz CT molecular complexity index is 1370. The fourth-order valence-corrected chi connectivity index (χ4v) is 5.09. The normalized spacial score (nSPS) is 18.3. The van der Waals surface area contributed by atoms with Crippen LogP contribution in [0.4, 0.5) is 4.39 Å². The molecule has 39 heavy (non-hydrogen) atoms. The first-order valence-electron chi connectivity index (χ1n) is 13.4. The van der Waals surface area contributed by atoms with Gasteiger partial charge in [-0.05, 0) is 79.8 Å². The van der Waals surface area contributed by atoms with Gasteiger partial charge >= 0.3 is 5.97 Å². The molecule has 2 aliphatic carbocycles. The first-order valence-corrected chi connectivity index (χ1v) is 13.4. The number of rotatable bonds is 9. The number of carbonyl (C=O) groups excluding carboxylic acids is 2. The molecule has 1 fully saturated rings. The molecule has 1 atom stereocenters. The average Bonchev–Trinajstić information content (AvgIpc) is 3.76. The summed E-state index contributed by atoms with van der Waals surface area (Å²) >= 11 is 0. The van der Waals surface area contributed by atoms with E-state index in [1.807, 2.05) is 60.4 Å². The predicted octanol–water partition coefficient (Wildman–Crippen LogP) is 5.63. The molecule has 0 aromatic heterocycles. The number of likely N-dealkylation sites (N-methyl/N-ethyl adjacent to an activating group) is 1. The number of ether oxygens (including phenoxy) is 2. The largest absolute Gasteiger partial charge is 0.494 e. The Kier molecular flexibility index (Phi) is 7.68. The van der Waals surface area contributed by atoms with Crippen LogP contribution in [0.5, 0.6) is 5.75 Å². The molecule has 1 aliphatic heterocycles. The van der Waals surface area contributed by atoms with E-state index < -0.39 is 5.97 Å². The number of benzene rings is 2. The van der Waals surface area contributed by atoms with Gasteiger partial charge in [-0.25, -0.2) is 9.18 Å². The van der Waals surface area contributed by atoms with E-state index in [2.05, 4.69) is 0 Å². The molecule has 0 spiro atoms. The van der Waals surface area contributed by atoms with E-state index in [4.69, 9.17) is 9.47 Å². The Morgan fingerprint density at radius 2 is 1.74 bits per heavy atom. The summed E-state index contributed by atoms with van der Waals surface area (Å²) in [4.78, 5) is 30.2. The molecular formula is C32H33FN2O4. The minimum absolute atomic E-state index is 0.0755. The van der Waals surface area contributed by atoms with Gasteiger partial charge in [0.05, 0.1) is 19.3 Å². The molecule has 7 heteroatoms. The highest BCUT2D eigenvalue weighted by atomic mass is 19.1. The lowest BCUT2D eigenvalue weighted by molar-refractivity contribution is -0.140. The van der Waals surface area contributed by atoms with Gasteiger partial charge in [0.15, 0.2) is 0 Å². The number of esters is 1. The van der Waals surface area contributed by atoms with Crippen LogP contribution in [0.25, 0.3) is 5.57 Å². The summed E-state index contributed by atoms with van der Waals surface area (Å²) in [6, 6.07) is 13.6. The number of halogens is 1. The molecule has 0 N–H and O–H groups in total. The molecule has 1 unspecified atom stereocenters. The molecule has 0 bridgehead atoms. The molecule has 202 valence electrons. The predicted molar refractivity (Wildman–Crippen MR) is 148 cm³/mol. The second-order valence-electron chi connectivity index (χ2n) is 9.84. The molecule has 0 saturated heterocycles. The van der Waals surface area contributed by atoms with Gasteiger partial charge in [-0.3, -0.25) is 4.79 Å². The third-order valence-corrected chi connectivity index (χ3v) is 7.17. The first kappa shape index (κ1) is 26.5. The van der Waals surface area contributed by atoms with Crippen molar-refractivity contribution < 1.29 is 23.5 Å². The van der Waals surface area contributed by atoms with Crippen molar-refractivity contribution in [2.75, 3.05) is 20.3 Å². The Labute approximate surface area is 228 Å². The van der Waals surface area contributed by atoms with Gasteiger partial charge < -0.3 is 19.3 Å². The van der Waals surface area contributed by atoms with Crippen molar-refractivity contribution in [2.24, 2.45) is 5.92 Å². The van der Waals surface area contributed by atoms with E-state index in [-0.39, 0.29) is 30.3 Å². The van der Waals surface area contributed by atoms with E-state index in [0.29, 0.717) is 18.8 Å². The monoisotopic (exact) mass is 528 g/mol. The fraction of sp³-hybridized carbons (Fsp3) is 0.312. The summed E-state index contributed by atoms with van der Waals surface area (Å²) in [5.41, 5.74) is 4.59. The zero-order valence-corrected chi connectivity index (χ0v) is 22.5. The molecule has 2 aromatic carbocycles. The van der Waals surface area contributed by atoms with Gasteiger partial charge in [0.25, 0.3) is 0 Å². The molecule has 3 aliphatic rings. The fourth-order valence-electron chi connectivity index (χ4n) is 5.09. The van der Waals surface area contributed by atoms with Gasteiger partial charge in [-0.15, -0.1) is 0 Å². The molecule has 1 heterocycles. The van der Waals surface area contributed by atoms with Crippen LogP contribution in [-0.4, -0.2) is 48.0 Å². The van der Waals surface area contributed by atoms with Crippen molar-refractivity contribution >= 4 is 17.4 Å². The van der Waals surface area contributed by atoms with Gasteiger partial charge in [-0.1, -0.05) is 36.4 Å². The zero-order valence-electron chi connectivity index (χ0n) is 22.5. The summed E-state index contributed by atoms with van der Waals surface area (Å²) in [5.74, 6) is 0.167. The van der Waals surface area contributed by atoms with Crippen molar-refractivity contribution in [1.29, 1.82) is 0 Å². The highest BCUT2D eigenvalue weighted by Crippen LogP contribution is 2.44. The average molecular weight is 529 g/mol. The number of hydrogen-bond donors (Lipinski definition) is 0. The Balaban J connectivity index is 1.63. The van der Waals surface area contributed by atoms with Crippen LogP contribution in [-0.2, 0) is 20.9 Å². The van der Waals surface area contributed by atoms with Gasteiger partial charge in [0.2, 0.25) is 5.91 Å². The quantitative estimate of drug-likeness (QED) is 0.395. The minimum Gasteiger partial charge on any atom is -0.494 e. The second-order valence-corrected chi connectivity index (χ2v) is 9.84.